The molecular weight excluding hydrogens is 410 g/mol. The molecule has 1 atom stereocenters. The third-order valence-electron chi connectivity index (χ3n) is 4.07. The van der Waals surface area contributed by atoms with Crippen LogP contribution in [0.5, 0.6) is 5.75 Å². The van der Waals surface area contributed by atoms with E-state index in [-0.39, 0.29) is 18.1 Å². The lowest BCUT2D eigenvalue weighted by molar-refractivity contribution is -0.128. The van der Waals surface area contributed by atoms with E-state index in [0.29, 0.717) is 16.5 Å². The van der Waals surface area contributed by atoms with Crippen LogP contribution in [0, 0.1) is 6.92 Å². The molecule has 1 amide bonds. The summed E-state index contributed by atoms with van der Waals surface area (Å²) in [4.78, 5) is 34.5. The van der Waals surface area contributed by atoms with Crippen molar-refractivity contribution in [3.8, 4) is 5.75 Å². The summed E-state index contributed by atoms with van der Waals surface area (Å²) in [6, 6.07) is 9.15. The minimum Gasteiger partial charge on any atom is -0.497 e. The number of amides is 1. The van der Waals surface area contributed by atoms with Gasteiger partial charge in [0.2, 0.25) is 5.91 Å². The maximum absolute atomic E-state index is 12.6. The fourth-order valence-corrected chi connectivity index (χ4v) is 4.49. The Kier molecular flexibility index (Phi) is 6.83. The van der Waals surface area contributed by atoms with Crippen LogP contribution in [-0.4, -0.2) is 45.7 Å². The molecule has 1 aromatic carbocycles. The van der Waals surface area contributed by atoms with E-state index in [9.17, 15) is 14.7 Å². The topological polar surface area (TPSA) is 101 Å². The lowest BCUT2D eigenvalue weighted by Gasteiger charge is -2.08. The first-order chi connectivity index (χ1) is 13.9. The van der Waals surface area contributed by atoms with Crippen molar-refractivity contribution in [1.82, 2.24) is 15.3 Å². The van der Waals surface area contributed by atoms with E-state index in [2.05, 4.69) is 15.3 Å². The van der Waals surface area contributed by atoms with Crippen LogP contribution in [0.3, 0.4) is 0 Å². The van der Waals surface area contributed by atoms with Crippen LogP contribution in [0.2, 0.25) is 0 Å². The average molecular weight is 432 g/mol. The number of Topliss-reactive ketones (excluding diaryl/α,β-unsaturated/α-hetero) is 1. The zero-order chi connectivity index (χ0) is 21.0. The third kappa shape index (κ3) is 5.31. The lowest BCUT2D eigenvalue weighted by atomic mass is 10.2. The maximum Gasteiger partial charge on any atom is 0.248 e. The second-order valence-electron chi connectivity index (χ2n) is 6.33. The smallest absolute Gasteiger partial charge is 0.248 e. The summed E-state index contributed by atoms with van der Waals surface area (Å²) in [5.41, 5.74) is 0.806. The molecule has 2 aromatic heterocycles. The van der Waals surface area contributed by atoms with E-state index in [0.717, 1.165) is 20.8 Å². The highest BCUT2D eigenvalue weighted by molar-refractivity contribution is 8.00. The Bertz CT molecular complexity index is 1050. The predicted octanol–water partition coefficient (Wildman–Crippen LogP) is 2.98. The number of benzene rings is 1. The predicted molar refractivity (Wildman–Crippen MR) is 114 cm³/mol. The molecule has 0 saturated carbocycles. The zero-order valence-corrected chi connectivity index (χ0v) is 17.9. The number of rotatable bonds is 8. The third-order valence-corrected chi connectivity index (χ3v) is 6.19. The van der Waals surface area contributed by atoms with Crippen molar-refractivity contribution in [1.29, 1.82) is 0 Å². The zero-order valence-electron chi connectivity index (χ0n) is 16.3. The molecule has 29 heavy (non-hydrogen) atoms. The van der Waals surface area contributed by atoms with Crippen molar-refractivity contribution in [3.63, 3.8) is 0 Å². The molecule has 0 aliphatic carbocycles. The number of nitrogens with one attached hydrogen (secondary N) is 1. The van der Waals surface area contributed by atoms with Gasteiger partial charge in [0.05, 0.1) is 29.8 Å². The number of aromatic nitrogens is 2. The number of hydrogen-bond acceptors (Lipinski definition) is 8. The number of methoxy groups -OCH3 is 1. The van der Waals surface area contributed by atoms with Gasteiger partial charge >= 0.3 is 0 Å². The van der Waals surface area contributed by atoms with Gasteiger partial charge in [0.25, 0.3) is 0 Å². The van der Waals surface area contributed by atoms with Crippen LogP contribution >= 0.6 is 23.1 Å². The van der Waals surface area contributed by atoms with Crippen LogP contribution in [-0.2, 0) is 11.3 Å². The monoisotopic (exact) mass is 431 g/mol. The van der Waals surface area contributed by atoms with Crippen molar-refractivity contribution >= 4 is 45.7 Å². The van der Waals surface area contributed by atoms with Gasteiger partial charge in [-0.2, -0.15) is 0 Å². The molecule has 152 valence electrons. The highest BCUT2D eigenvalue weighted by Gasteiger charge is 2.14. The number of aryl methyl sites for hydroxylation is 1. The molecule has 0 spiro atoms. The van der Waals surface area contributed by atoms with E-state index in [1.165, 1.54) is 30.0 Å². The average Bonchev–Trinajstić information content (AvgIpc) is 3.18. The summed E-state index contributed by atoms with van der Waals surface area (Å²) < 4.78 is 5.28. The summed E-state index contributed by atoms with van der Waals surface area (Å²) in [6.07, 6.45) is -1.06. The van der Waals surface area contributed by atoms with Gasteiger partial charge in [-0.1, -0.05) is 11.8 Å². The Hall–Kier alpha value is -2.49. The lowest BCUT2D eigenvalue weighted by Crippen LogP contribution is -2.31. The second kappa shape index (κ2) is 9.34. The number of thioether (sulfide) groups is 1. The van der Waals surface area contributed by atoms with Gasteiger partial charge in [0.1, 0.15) is 22.7 Å². The first-order valence-electron chi connectivity index (χ1n) is 8.90. The first-order valence-corrected chi connectivity index (χ1v) is 10.7. The Morgan fingerprint density at radius 3 is 2.79 bits per heavy atom. The Morgan fingerprint density at radius 1 is 1.28 bits per heavy atom. The number of carbonyl (C=O) groups excluding carboxylic acids is 2. The molecule has 9 heteroatoms. The molecule has 2 N–H and O–H groups in total. The number of aliphatic hydroxyl groups excluding tert-OH is 1. The fourth-order valence-electron chi connectivity index (χ4n) is 2.58. The summed E-state index contributed by atoms with van der Waals surface area (Å²) in [6.45, 7) is 3.51. The summed E-state index contributed by atoms with van der Waals surface area (Å²) in [5.74, 6) is 1.14. The van der Waals surface area contributed by atoms with Crippen molar-refractivity contribution in [2.45, 2.75) is 31.5 Å². The van der Waals surface area contributed by atoms with Crippen molar-refractivity contribution in [2.24, 2.45) is 0 Å². The number of thiophene rings is 1. The van der Waals surface area contributed by atoms with Gasteiger partial charge in [0, 0.05) is 10.3 Å². The summed E-state index contributed by atoms with van der Waals surface area (Å²) in [7, 11) is 1.60. The van der Waals surface area contributed by atoms with Gasteiger partial charge < -0.3 is 15.2 Å². The summed E-state index contributed by atoms with van der Waals surface area (Å²) in [5, 5.41) is 13.4. The number of aliphatic hydroxyl groups is 1. The van der Waals surface area contributed by atoms with Crippen LogP contribution in [0.4, 0.5) is 0 Å². The first kappa shape index (κ1) is 21.2. The van der Waals surface area contributed by atoms with Gasteiger partial charge in [-0.3, -0.25) is 9.59 Å². The van der Waals surface area contributed by atoms with Crippen molar-refractivity contribution < 1.29 is 19.4 Å². The molecular formula is C20H21N3O4S2. The molecule has 3 aromatic rings. The minimum absolute atomic E-state index is 0.0135. The number of fused-ring (bicyclic) bond motifs is 1. The Labute approximate surface area is 176 Å². The molecule has 7 nitrogen and oxygen atoms in total. The quantitative estimate of drug-likeness (QED) is 0.321. The van der Waals surface area contributed by atoms with Gasteiger partial charge in [0.15, 0.2) is 5.78 Å². The van der Waals surface area contributed by atoms with Crippen molar-refractivity contribution in [3.05, 3.63) is 45.9 Å². The van der Waals surface area contributed by atoms with Crippen LogP contribution in [0.1, 0.15) is 27.3 Å². The van der Waals surface area contributed by atoms with E-state index in [4.69, 9.17) is 4.74 Å². The highest BCUT2D eigenvalue weighted by Crippen LogP contribution is 2.29. The maximum atomic E-state index is 12.6. The molecule has 0 saturated heterocycles. The Balaban J connectivity index is 1.69. The highest BCUT2D eigenvalue weighted by atomic mass is 32.2. The van der Waals surface area contributed by atoms with Crippen molar-refractivity contribution in [2.75, 3.05) is 12.9 Å². The van der Waals surface area contributed by atoms with Gasteiger partial charge in [-0.25, -0.2) is 9.97 Å². The number of nitrogens with zero attached hydrogens (tertiary/aromatic N) is 2. The number of ketones is 1. The largest absolute Gasteiger partial charge is 0.497 e. The Morgan fingerprint density at radius 2 is 2.07 bits per heavy atom. The van der Waals surface area contributed by atoms with E-state index < -0.39 is 12.0 Å². The van der Waals surface area contributed by atoms with Gasteiger partial charge in [-0.05, 0) is 44.2 Å². The van der Waals surface area contributed by atoms with Crippen LogP contribution in [0.25, 0.3) is 10.9 Å². The standard InChI is InChI=1S/C20H21N3O4S2/c1-11(24)19(26)21-9-14-5-7-18(29-14)17(25)10-28-20-15-8-13(27-3)4-6-16(15)22-12(2)23-20/h4-8,11,24H,9-10H2,1-3H3,(H,21,26)/t11-/m0/s1. The normalized spacial score (nSPS) is 12.0. The van der Waals surface area contributed by atoms with Gasteiger partial charge in [-0.15, -0.1) is 11.3 Å². The molecule has 0 aliphatic rings. The molecule has 0 unspecified atom stereocenters. The minimum atomic E-state index is -1.06. The molecule has 0 aliphatic heterocycles. The molecule has 0 radical (unpaired) electrons. The number of hydrogen-bond donors (Lipinski definition) is 2. The second-order valence-corrected chi connectivity index (χ2v) is 8.46. The van der Waals surface area contributed by atoms with E-state index >= 15 is 0 Å². The van der Waals surface area contributed by atoms with E-state index in [1.807, 2.05) is 25.1 Å². The number of ether oxygens (including phenoxy) is 1. The molecule has 3 rings (SSSR count). The molecule has 0 fully saturated rings. The fraction of sp³-hybridized carbons (Fsp3) is 0.300. The SMILES string of the molecule is COc1ccc2nc(C)nc(SCC(=O)c3ccc(CNC(=O)[C@H](C)O)s3)c2c1. The summed E-state index contributed by atoms with van der Waals surface area (Å²) >= 11 is 2.70. The molecule has 0 bridgehead atoms. The number of carbonyl (C=O) groups is 2. The van der Waals surface area contributed by atoms with Crippen LogP contribution in [0.15, 0.2) is 35.4 Å². The van der Waals surface area contributed by atoms with E-state index in [1.54, 1.807) is 19.2 Å². The molecule has 2 heterocycles. The van der Waals surface area contributed by atoms with Crippen LogP contribution < -0.4 is 10.1 Å².